The Morgan fingerprint density at radius 3 is 2.95 bits per heavy atom. The maximum Gasteiger partial charge on any atom is 0.0625 e. The Labute approximate surface area is 117 Å². The summed E-state index contributed by atoms with van der Waals surface area (Å²) >= 11 is 0. The molecule has 1 aliphatic rings. The summed E-state index contributed by atoms with van der Waals surface area (Å²) in [6.45, 7) is 7.01. The van der Waals surface area contributed by atoms with E-state index in [9.17, 15) is 0 Å². The Bertz CT molecular complexity index is 369. The van der Waals surface area contributed by atoms with Gasteiger partial charge < -0.3 is 10.1 Å². The van der Waals surface area contributed by atoms with Gasteiger partial charge in [-0.05, 0) is 50.3 Å². The third-order valence-electron chi connectivity index (χ3n) is 4.06. The van der Waals surface area contributed by atoms with Gasteiger partial charge in [0.15, 0.2) is 0 Å². The van der Waals surface area contributed by atoms with Crippen molar-refractivity contribution >= 4 is 0 Å². The predicted octanol–water partition coefficient (Wildman–Crippen LogP) is 3.51. The highest BCUT2D eigenvalue weighted by atomic mass is 16.5. The van der Waals surface area contributed by atoms with Crippen molar-refractivity contribution < 1.29 is 4.74 Å². The lowest BCUT2D eigenvalue weighted by Crippen LogP contribution is -2.40. The van der Waals surface area contributed by atoms with Crippen LogP contribution in [0.4, 0.5) is 0 Å². The van der Waals surface area contributed by atoms with Crippen molar-refractivity contribution in [1.82, 2.24) is 5.32 Å². The minimum absolute atomic E-state index is 0.460. The van der Waals surface area contributed by atoms with E-state index in [4.69, 9.17) is 4.74 Å². The second-order valence-electron chi connectivity index (χ2n) is 5.42. The molecule has 1 aliphatic carbocycles. The zero-order valence-corrected chi connectivity index (χ0v) is 12.3. The maximum atomic E-state index is 5.70. The lowest BCUT2D eigenvalue weighted by Gasteiger charge is -2.33. The molecule has 19 heavy (non-hydrogen) atoms. The Hall–Kier alpha value is -0.860. The predicted molar refractivity (Wildman–Crippen MR) is 80.7 cm³/mol. The lowest BCUT2D eigenvalue weighted by atomic mass is 9.79. The van der Waals surface area contributed by atoms with Gasteiger partial charge in [-0.1, -0.05) is 31.2 Å². The molecule has 106 valence electrons. The van der Waals surface area contributed by atoms with Crippen molar-refractivity contribution in [1.29, 1.82) is 0 Å². The standard InChI is InChI=1S/C17H27NO/c1-3-12-18-17(13-19-4-2)16-11-7-9-14-8-5-6-10-15(14)16/h5-6,8,10,16-18H,3-4,7,9,11-13H2,1-2H3. The van der Waals surface area contributed by atoms with E-state index in [0.717, 1.165) is 19.8 Å². The smallest absolute Gasteiger partial charge is 0.0625 e. The van der Waals surface area contributed by atoms with E-state index >= 15 is 0 Å². The molecule has 2 heteroatoms. The van der Waals surface area contributed by atoms with E-state index < -0.39 is 0 Å². The van der Waals surface area contributed by atoms with Gasteiger partial charge in [-0.25, -0.2) is 0 Å². The largest absolute Gasteiger partial charge is 0.380 e. The normalized spacial score (nSPS) is 20.0. The van der Waals surface area contributed by atoms with E-state index in [2.05, 4.69) is 43.4 Å². The van der Waals surface area contributed by atoms with Crippen LogP contribution < -0.4 is 5.32 Å². The number of nitrogens with one attached hydrogen (secondary N) is 1. The van der Waals surface area contributed by atoms with Crippen LogP contribution in [0.25, 0.3) is 0 Å². The number of fused-ring (bicyclic) bond motifs is 1. The Balaban J connectivity index is 2.12. The van der Waals surface area contributed by atoms with Gasteiger partial charge in [0.1, 0.15) is 0 Å². The Morgan fingerprint density at radius 1 is 1.32 bits per heavy atom. The maximum absolute atomic E-state index is 5.70. The molecule has 0 radical (unpaired) electrons. The van der Waals surface area contributed by atoms with Crippen LogP contribution in [0.3, 0.4) is 0 Å². The molecular weight excluding hydrogens is 234 g/mol. The van der Waals surface area contributed by atoms with Crippen LogP contribution in [0.15, 0.2) is 24.3 Å². The first-order valence-electron chi connectivity index (χ1n) is 7.75. The average Bonchev–Trinajstić information content (AvgIpc) is 2.47. The fourth-order valence-electron chi connectivity index (χ4n) is 3.10. The van der Waals surface area contributed by atoms with Crippen molar-refractivity contribution in [3.05, 3.63) is 35.4 Å². The molecule has 0 fully saturated rings. The van der Waals surface area contributed by atoms with Gasteiger partial charge in [-0.3, -0.25) is 0 Å². The molecule has 2 rings (SSSR count). The number of benzene rings is 1. The van der Waals surface area contributed by atoms with Crippen LogP contribution >= 0.6 is 0 Å². The summed E-state index contributed by atoms with van der Waals surface area (Å²) in [5.74, 6) is 0.614. The highest BCUT2D eigenvalue weighted by molar-refractivity contribution is 5.33. The van der Waals surface area contributed by atoms with Crippen LogP contribution in [0, 0.1) is 0 Å². The van der Waals surface area contributed by atoms with Crippen LogP contribution in [-0.2, 0) is 11.2 Å². The Kier molecular flexibility index (Phi) is 5.87. The molecule has 0 bridgehead atoms. The monoisotopic (exact) mass is 261 g/mol. The Morgan fingerprint density at radius 2 is 2.16 bits per heavy atom. The fraction of sp³-hybridized carbons (Fsp3) is 0.647. The molecule has 1 aromatic rings. The number of hydrogen-bond donors (Lipinski definition) is 1. The topological polar surface area (TPSA) is 21.3 Å². The van der Waals surface area contributed by atoms with Gasteiger partial charge in [0, 0.05) is 18.6 Å². The molecule has 0 amide bonds. The summed E-state index contributed by atoms with van der Waals surface area (Å²) in [6.07, 6.45) is 5.00. The molecular formula is C17H27NO. The first-order chi connectivity index (χ1) is 9.36. The quantitative estimate of drug-likeness (QED) is 0.811. The first-order valence-corrected chi connectivity index (χ1v) is 7.75. The van der Waals surface area contributed by atoms with Gasteiger partial charge in [-0.15, -0.1) is 0 Å². The van der Waals surface area contributed by atoms with Crippen molar-refractivity contribution in [3.8, 4) is 0 Å². The van der Waals surface area contributed by atoms with E-state index in [1.807, 2.05) is 0 Å². The highest BCUT2D eigenvalue weighted by Gasteiger charge is 2.27. The molecule has 0 aliphatic heterocycles. The van der Waals surface area contributed by atoms with E-state index in [1.54, 1.807) is 11.1 Å². The molecule has 0 saturated carbocycles. The molecule has 2 unspecified atom stereocenters. The lowest BCUT2D eigenvalue weighted by molar-refractivity contribution is 0.111. The third-order valence-corrected chi connectivity index (χ3v) is 4.06. The molecule has 1 N–H and O–H groups in total. The minimum atomic E-state index is 0.460. The second kappa shape index (κ2) is 7.66. The van der Waals surface area contributed by atoms with Crippen molar-refractivity contribution in [3.63, 3.8) is 0 Å². The van der Waals surface area contributed by atoms with Gasteiger partial charge in [0.25, 0.3) is 0 Å². The molecule has 0 spiro atoms. The summed E-state index contributed by atoms with van der Waals surface area (Å²) in [7, 11) is 0. The number of aryl methyl sites for hydroxylation is 1. The van der Waals surface area contributed by atoms with Crippen molar-refractivity contribution in [2.45, 2.75) is 51.5 Å². The zero-order valence-electron chi connectivity index (χ0n) is 12.3. The van der Waals surface area contributed by atoms with E-state index in [-0.39, 0.29) is 0 Å². The third kappa shape index (κ3) is 3.80. The van der Waals surface area contributed by atoms with Gasteiger partial charge in [-0.2, -0.15) is 0 Å². The van der Waals surface area contributed by atoms with Crippen LogP contribution in [-0.4, -0.2) is 25.8 Å². The molecule has 2 atom stereocenters. The molecule has 0 saturated heterocycles. The molecule has 0 heterocycles. The fourth-order valence-corrected chi connectivity index (χ4v) is 3.10. The summed E-state index contributed by atoms with van der Waals surface area (Å²) < 4.78 is 5.70. The molecule has 2 nitrogen and oxygen atoms in total. The first kappa shape index (κ1) is 14.5. The summed E-state index contributed by atoms with van der Waals surface area (Å²) in [6, 6.07) is 9.40. The highest BCUT2D eigenvalue weighted by Crippen LogP contribution is 2.34. The second-order valence-corrected chi connectivity index (χ2v) is 5.42. The SMILES string of the molecule is CCCNC(COCC)C1CCCc2ccccc21. The summed E-state index contributed by atoms with van der Waals surface area (Å²) in [5, 5.41) is 3.69. The van der Waals surface area contributed by atoms with Gasteiger partial charge in [0.2, 0.25) is 0 Å². The average molecular weight is 261 g/mol. The van der Waals surface area contributed by atoms with Crippen LogP contribution in [0.5, 0.6) is 0 Å². The molecule has 0 aromatic heterocycles. The number of hydrogen-bond acceptors (Lipinski definition) is 2. The van der Waals surface area contributed by atoms with Crippen molar-refractivity contribution in [2.24, 2.45) is 0 Å². The number of ether oxygens (including phenoxy) is 1. The number of rotatable bonds is 7. The van der Waals surface area contributed by atoms with Gasteiger partial charge >= 0.3 is 0 Å². The zero-order chi connectivity index (χ0) is 13.5. The van der Waals surface area contributed by atoms with Crippen LogP contribution in [0.2, 0.25) is 0 Å². The van der Waals surface area contributed by atoms with Crippen LogP contribution in [0.1, 0.15) is 50.2 Å². The summed E-state index contributed by atoms with van der Waals surface area (Å²) in [5.41, 5.74) is 3.08. The van der Waals surface area contributed by atoms with E-state index in [1.165, 1.54) is 25.7 Å². The minimum Gasteiger partial charge on any atom is -0.380 e. The molecule has 1 aromatic carbocycles. The van der Waals surface area contributed by atoms with Crippen molar-refractivity contribution in [2.75, 3.05) is 19.8 Å². The van der Waals surface area contributed by atoms with E-state index in [0.29, 0.717) is 12.0 Å². The van der Waals surface area contributed by atoms with Gasteiger partial charge in [0.05, 0.1) is 6.61 Å². The summed E-state index contributed by atoms with van der Waals surface area (Å²) in [4.78, 5) is 0.